The molecule has 6 nitrogen and oxygen atoms in total. The first-order valence-corrected chi connectivity index (χ1v) is 9.00. The van der Waals surface area contributed by atoms with Crippen LogP contribution < -0.4 is 10.1 Å². The van der Waals surface area contributed by atoms with E-state index >= 15 is 0 Å². The van der Waals surface area contributed by atoms with Gasteiger partial charge in [-0.15, -0.1) is 0 Å². The van der Waals surface area contributed by atoms with Gasteiger partial charge in [0.25, 0.3) is 0 Å². The number of ether oxygens (including phenoxy) is 1. The molecule has 0 bridgehead atoms. The molecule has 2 N–H and O–H groups in total. The zero-order valence-electron chi connectivity index (χ0n) is 15.1. The second kappa shape index (κ2) is 10.5. The maximum atomic E-state index is 10.4. The molecular weight excluding hydrogens is 316 g/mol. The van der Waals surface area contributed by atoms with Crippen LogP contribution in [0.15, 0.2) is 24.5 Å². The molecule has 1 unspecified atom stereocenters. The van der Waals surface area contributed by atoms with Crippen LogP contribution in [0.3, 0.4) is 0 Å². The number of hydrogen-bond acceptors (Lipinski definition) is 4. The first-order valence-electron chi connectivity index (χ1n) is 9.00. The number of nitrogens with one attached hydrogen (secondary N) is 2. The number of carbonyl (C=O) groups is 1. The van der Waals surface area contributed by atoms with Crippen molar-refractivity contribution in [1.29, 1.82) is 0 Å². The van der Waals surface area contributed by atoms with E-state index in [4.69, 9.17) is 4.74 Å². The molecule has 136 valence electrons. The Hall–Kier alpha value is -2.37. The highest BCUT2D eigenvalue weighted by atomic mass is 16.5. The maximum absolute atomic E-state index is 10.4. The van der Waals surface area contributed by atoms with Crippen molar-refractivity contribution in [2.45, 2.75) is 46.0 Å². The number of H-pyrrole nitrogens is 1. The van der Waals surface area contributed by atoms with Crippen molar-refractivity contribution in [2.75, 3.05) is 13.2 Å². The van der Waals surface area contributed by atoms with Gasteiger partial charge in [-0.2, -0.15) is 5.10 Å². The van der Waals surface area contributed by atoms with E-state index in [9.17, 15) is 4.79 Å². The minimum Gasteiger partial charge on any atom is -0.492 e. The Morgan fingerprint density at radius 3 is 2.80 bits per heavy atom. The highest BCUT2D eigenvalue weighted by Gasteiger charge is 2.09. The minimum atomic E-state index is 0.576. The molecule has 0 spiro atoms. The molecule has 0 radical (unpaired) electrons. The summed E-state index contributed by atoms with van der Waals surface area (Å²) in [5.41, 5.74) is 2.88. The number of nitrogens with zero attached hydrogens (tertiary/aromatic N) is 2. The van der Waals surface area contributed by atoms with Crippen molar-refractivity contribution in [3.05, 3.63) is 30.1 Å². The smallest absolute Gasteiger partial charge is 0.207 e. The van der Waals surface area contributed by atoms with E-state index in [0.29, 0.717) is 12.5 Å². The monoisotopic (exact) mass is 344 g/mol. The Bertz CT molecular complexity index is 625. The average Bonchev–Trinajstić information content (AvgIpc) is 3.06. The van der Waals surface area contributed by atoms with Crippen LogP contribution in [-0.4, -0.2) is 34.7 Å². The second-order valence-electron chi connectivity index (χ2n) is 6.31. The fourth-order valence-corrected chi connectivity index (χ4v) is 2.83. The Kier molecular flexibility index (Phi) is 7.95. The van der Waals surface area contributed by atoms with Crippen LogP contribution in [0.25, 0.3) is 11.4 Å². The Labute approximate surface area is 149 Å². The van der Waals surface area contributed by atoms with Gasteiger partial charge in [0.15, 0.2) is 0 Å². The van der Waals surface area contributed by atoms with Crippen LogP contribution in [0.1, 0.15) is 44.6 Å². The third kappa shape index (κ3) is 6.21. The summed E-state index contributed by atoms with van der Waals surface area (Å²) in [6, 6.07) is 3.88. The third-order valence-corrected chi connectivity index (χ3v) is 4.36. The Morgan fingerprint density at radius 2 is 2.16 bits per heavy atom. The fraction of sp³-hybridized carbons (Fsp3) is 0.526. The summed E-state index contributed by atoms with van der Waals surface area (Å²) >= 11 is 0. The molecular formula is C19H28N4O2. The summed E-state index contributed by atoms with van der Waals surface area (Å²) in [6.07, 6.45) is 9.88. The number of hydrogen-bond donors (Lipinski definition) is 2. The highest BCUT2D eigenvalue weighted by molar-refractivity contribution is 5.58. The molecule has 6 heteroatoms. The lowest BCUT2D eigenvalue weighted by Gasteiger charge is -2.16. The van der Waals surface area contributed by atoms with Crippen LogP contribution >= 0.6 is 0 Å². The van der Waals surface area contributed by atoms with Gasteiger partial charge in [0.05, 0.1) is 30.4 Å². The quantitative estimate of drug-likeness (QED) is 0.456. The predicted molar refractivity (Wildman–Crippen MR) is 98.4 cm³/mol. The van der Waals surface area contributed by atoms with E-state index in [0.717, 1.165) is 48.5 Å². The van der Waals surface area contributed by atoms with Crippen molar-refractivity contribution in [3.8, 4) is 17.1 Å². The average molecular weight is 344 g/mol. The lowest BCUT2D eigenvalue weighted by atomic mass is 9.95. The molecule has 0 aliphatic rings. The summed E-state index contributed by atoms with van der Waals surface area (Å²) in [6.45, 7) is 5.60. The normalized spacial score (nSPS) is 11.9. The van der Waals surface area contributed by atoms with Crippen molar-refractivity contribution >= 4 is 6.41 Å². The van der Waals surface area contributed by atoms with Gasteiger partial charge in [0, 0.05) is 6.54 Å². The Morgan fingerprint density at radius 1 is 1.28 bits per heavy atom. The molecule has 0 aromatic carbocycles. The first-order chi connectivity index (χ1) is 12.2. The van der Waals surface area contributed by atoms with Crippen molar-refractivity contribution in [1.82, 2.24) is 20.5 Å². The number of amides is 1. The topological polar surface area (TPSA) is 79.9 Å². The largest absolute Gasteiger partial charge is 0.492 e. The number of rotatable bonds is 12. The lowest BCUT2D eigenvalue weighted by Crippen LogP contribution is -2.17. The van der Waals surface area contributed by atoms with Crippen LogP contribution in [-0.2, 0) is 4.79 Å². The summed E-state index contributed by atoms with van der Waals surface area (Å²) in [5.74, 6) is 1.36. The fourth-order valence-electron chi connectivity index (χ4n) is 2.83. The van der Waals surface area contributed by atoms with E-state index in [1.54, 1.807) is 12.4 Å². The van der Waals surface area contributed by atoms with Gasteiger partial charge in [-0.1, -0.05) is 26.2 Å². The third-order valence-electron chi connectivity index (χ3n) is 4.36. The summed E-state index contributed by atoms with van der Waals surface area (Å²) in [4.78, 5) is 14.8. The minimum absolute atomic E-state index is 0.576. The van der Waals surface area contributed by atoms with Gasteiger partial charge in [0.2, 0.25) is 6.41 Å². The van der Waals surface area contributed by atoms with Gasteiger partial charge in [-0.05, 0) is 43.4 Å². The molecule has 2 aromatic rings. The summed E-state index contributed by atoms with van der Waals surface area (Å²) < 4.78 is 5.85. The number of aryl methyl sites for hydroxylation is 1. The molecule has 1 atom stereocenters. The molecule has 0 fully saturated rings. The molecule has 0 aliphatic heterocycles. The molecule has 25 heavy (non-hydrogen) atoms. The molecule has 0 aliphatic carbocycles. The molecule has 2 heterocycles. The van der Waals surface area contributed by atoms with E-state index < -0.39 is 0 Å². The zero-order chi connectivity index (χ0) is 17.9. The molecule has 0 saturated carbocycles. The van der Waals surface area contributed by atoms with Crippen LogP contribution in [0, 0.1) is 12.8 Å². The van der Waals surface area contributed by atoms with Gasteiger partial charge in [0.1, 0.15) is 5.75 Å². The van der Waals surface area contributed by atoms with Gasteiger partial charge in [-0.25, -0.2) is 0 Å². The standard InChI is InChI=1S/C19H28N4O2/c1-3-4-5-16(8-10-20-14-24)9-11-25-17-6-7-18(21-13-17)19-15(2)12-22-23-19/h6-7,12-14,16H,3-5,8-11H2,1-2H3,(H,20,24)(H,22,23). The van der Waals surface area contributed by atoms with Gasteiger partial charge >= 0.3 is 0 Å². The van der Waals surface area contributed by atoms with Crippen LogP contribution in [0.2, 0.25) is 0 Å². The maximum Gasteiger partial charge on any atom is 0.207 e. The van der Waals surface area contributed by atoms with Crippen LogP contribution in [0.5, 0.6) is 5.75 Å². The van der Waals surface area contributed by atoms with Crippen LogP contribution in [0.4, 0.5) is 0 Å². The van der Waals surface area contributed by atoms with Crippen molar-refractivity contribution < 1.29 is 9.53 Å². The number of aromatic amines is 1. The number of pyridine rings is 1. The lowest BCUT2D eigenvalue weighted by molar-refractivity contribution is -0.109. The summed E-state index contributed by atoms with van der Waals surface area (Å²) in [7, 11) is 0. The van der Waals surface area contributed by atoms with Crippen molar-refractivity contribution in [3.63, 3.8) is 0 Å². The van der Waals surface area contributed by atoms with Gasteiger partial charge in [-0.3, -0.25) is 14.9 Å². The molecule has 1 amide bonds. The SMILES string of the molecule is CCCCC(CCNC=O)CCOc1ccc(-c2[nH]ncc2C)nc1. The Balaban J connectivity index is 1.80. The summed E-state index contributed by atoms with van der Waals surface area (Å²) in [5, 5.41) is 9.73. The predicted octanol–water partition coefficient (Wildman–Crippen LogP) is 3.49. The molecule has 0 saturated heterocycles. The molecule has 2 aromatic heterocycles. The highest BCUT2D eigenvalue weighted by Crippen LogP contribution is 2.21. The van der Waals surface area contributed by atoms with E-state index in [-0.39, 0.29) is 0 Å². The van der Waals surface area contributed by atoms with Gasteiger partial charge < -0.3 is 10.1 Å². The zero-order valence-corrected chi connectivity index (χ0v) is 15.1. The van der Waals surface area contributed by atoms with Crippen molar-refractivity contribution in [2.24, 2.45) is 5.92 Å². The van der Waals surface area contributed by atoms with E-state index in [2.05, 4.69) is 27.4 Å². The number of aromatic nitrogens is 3. The first kappa shape index (κ1) is 19.0. The second-order valence-corrected chi connectivity index (χ2v) is 6.31. The van der Waals surface area contributed by atoms with E-state index in [1.165, 1.54) is 19.3 Å². The molecule has 2 rings (SSSR count). The van der Waals surface area contributed by atoms with E-state index in [1.807, 2.05) is 19.1 Å². The number of unbranched alkanes of at least 4 members (excludes halogenated alkanes) is 1. The number of carbonyl (C=O) groups excluding carboxylic acids is 1.